The van der Waals surface area contributed by atoms with Crippen LogP contribution in [0.3, 0.4) is 0 Å². The number of anilines is 1. The normalized spacial score (nSPS) is 12.5. The van der Waals surface area contributed by atoms with Crippen LogP contribution in [0.1, 0.15) is 11.1 Å². The van der Waals surface area contributed by atoms with Crippen molar-refractivity contribution in [3.63, 3.8) is 0 Å². The first-order valence-corrected chi connectivity index (χ1v) is 8.10. The smallest absolute Gasteiger partial charge is 0.323 e. The fourth-order valence-corrected chi connectivity index (χ4v) is 3.29. The summed E-state index contributed by atoms with van der Waals surface area (Å²) in [6.45, 7) is 0. The minimum Gasteiger partial charge on any atom is -0.323 e. The Morgan fingerprint density at radius 3 is 2.21 bits per heavy atom. The number of alkyl halides is 3. The first-order chi connectivity index (χ1) is 11.2. The van der Waals surface area contributed by atoms with Crippen LogP contribution < -0.4 is 10.1 Å². The van der Waals surface area contributed by atoms with Crippen LogP contribution in [0.4, 0.5) is 18.9 Å². The Labute approximate surface area is 137 Å². The molecule has 128 valence electrons. The third kappa shape index (κ3) is 3.51. The van der Waals surface area contributed by atoms with Gasteiger partial charge in [-0.25, -0.2) is 8.42 Å². The number of para-hydroxylation sites is 1. The largest absolute Gasteiger partial charge is 0.416 e. The third-order valence-corrected chi connectivity index (χ3v) is 5.12. The maximum absolute atomic E-state index is 12.6. The Morgan fingerprint density at radius 1 is 1.08 bits per heavy atom. The second-order valence-corrected chi connectivity index (χ2v) is 6.80. The molecule has 2 aromatic rings. The van der Waals surface area contributed by atoms with E-state index >= 15 is 0 Å². The minimum atomic E-state index is -4.53. The van der Waals surface area contributed by atoms with Crippen LogP contribution in [0.2, 0.25) is 0 Å². The lowest BCUT2D eigenvalue weighted by Crippen LogP contribution is -2.27. The van der Waals surface area contributed by atoms with Crippen LogP contribution in [0.15, 0.2) is 58.5 Å². The number of nitrogens with two attached hydrogens (primary N) is 1. The number of sulfonamides is 1. The van der Waals surface area contributed by atoms with Crippen LogP contribution in [0.25, 0.3) is 0 Å². The van der Waals surface area contributed by atoms with E-state index in [1.54, 1.807) is 24.3 Å². The van der Waals surface area contributed by atoms with Gasteiger partial charge in [0.05, 0.1) is 22.4 Å². The first-order valence-electron chi connectivity index (χ1n) is 6.66. The van der Waals surface area contributed by atoms with Crippen molar-refractivity contribution in [3.05, 3.63) is 59.7 Å². The van der Waals surface area contributed by atoms with Crippen LogP contribution in [-0.4, -0.2) is 21.7 Å². The molecule has 0 radical (unpaired) electrons. The lowest BCUT2D eigenvalue weighted by molar-refractivity contribution is -0.137. The van der Waals surface area contributed by atoms with Crippen molar-refractivity contribution in [3.8, 4) is 0 Å². The molecule has 2 rings (SSSR count). The lowest BCUT2D eigenvalue weighted by Gasteiger charge is -2.21. The Hall–Kier alpha value is -2.55. The molecule has 2 N–H and O–H groups in total. The molecule has 0 aliphatic carbocycles. The molecule has 0 unspecified atom stereocenters. The highest BCUT2D eigenvalue weighted by Gasteiger charge is 2.31. The molecule has 0 aliphatic rings. The van der Waals surface area contributed by atoms with E-state index in [0.717, 1.165) is 28.6 Å². The van der Waals surface area contributed by atoms with E-state index in [2.05, 4.69) is 5.10 Å². The monoisotopic (exact) mass is 357 g/mol. The second kappa shape index (κ2) is 6.52. The van der Waals surface area contributed by atoms with Gasteiger partial charge in [0.25, 0.3) is 10.0 Å². The van der Waals surface area contributed by atoms with Gasteiger partial charge in [-0.15, -0.1) is 0 Å². The van der Waals surface area contributed by atoms with E-state index in [4.69, 9.17) is 5.84 Å². The summed E-state index contributed by atoms with van der Waals surface area (Å²) in [4.78, 5) is -0.252. The van der Waals surface area contributed by atoms with Crippen LogP contribution in [0, 0.1) is 0 Å². The highest BCUT2D eigenvalue weighted by atomic mass is 32.2. The molecule has 9 heteroatoms. The fraction of sp³-hybridized carbons (Fsp3) is 0.133. The molecule has 0 atom stereocenters. The standard InChI is InChI=1S/C15H14F3N3O2S/c1-21(14-5-3-2-4-11(14)10-20-19)24(22,23)13-8-6-12(7-9-13)15(16,17)18/h2-10H,19H2,1H3. The molecule has 0 fully saturated rings. The van der Waals surface area contributed by atoms with Gasteiger partial charge < -0.3 is 5.84 Å². The summed E-state index contributed by atoms with van der Waals surface area (Å²) in [6.07, 6.45) is -3.24. The predicted molar refractivity (Wildman–Crippen MR) is 85.3 cm³/mol. The van der Waals surface area contributed by atoms with Crippen molar-refractivity contribution in [1.29, 1.82) is 0 Å². The number of benzene rings is 2. The van der Waals surface area contributed by atoms with Crippen LogP contribution in [0.5, 0.6) is 0 Å². The summed E-state index contributed by atoms with van der Waals surface area (Å²) >= 11 is 0. The predicted octanol–water partition coefficient (Wildman–Crippen LogP) is 2.82. The van der Waals surface area contributed by atoms with Gasteiger partial charge in [-0.3, -0.25) is 4.31 Å². The molecular weight excluding hydrogens is 343 g/mol. The fourth-order valence-electron chi connectivity index (χ4n) is 2.07. The number of rotatable bonds is 4. The summed E-state index contributed by atoms with van der Waals surface area (Å²) < 4.78 is 64.0. The molecule has 0 aromatic heterocycles. The molecule has 0 saturated carbocycles. The summed E-state index contributed by atoms with van der Waals surface area (Å²) in [5.41, 5.74) is -0.163. The van der Waals surface area contributed by atoms with E-state index in [0.29, 0.717) is 11.3 Å². The molecule has 24 heavy (non-hydrogen) atoms. The molecule has 0 spiro atoms. The average molecular weight is 357 g/mol. The van der Waals surface area contributed by atoms with E-state index in [1.165, 1.54) is 13.3 Å². The maximum atomic E-state index is 12.6. The van der Waals surface area contributed by atoms with Gasteiger partial charge in [0.2, 0.25) is 0 Å². The Morgan fingerprint density at radius 2 is 1.67 bits per heavy atom. The molecule has 0 heterocycles. The third-order valence-electron chi connectivity index (χ3n) is 3.33. The van der Waals surface area contributed by atoms with Gasteiger partial charge in [0, 0.05) is 12.6 Å². The average Bonchev–Trinajstić information content (AvgIpc) is 2.54. The molecule has 2 aromatic carbocycles. The van der Waals surface area contributed by atoms with Crippen LogP contribution in [-0.2, 0) is 16.2 Å². The topological polar surface area (TPSA) is 75.8 Å². The summed E-state index contributed by atoms with van der Waals surface area (Å²) in [7, 11) is -2.73. The van der Waals surface area contributed by atoms with E-state index in [-0.39, 0.29) is 4.90 Å². The van der Waals surface area contributed by atoms with Gasteiger partial charge in [-0.2, -0.15) is 18.3 Å². The van der Waals surface area contributed by atoms with Crippen molar-refractivity contribution in [1.82, 2.24) is 0 Å². The molecule has 5 nitrogen and oxygen atoms in total. The zero-order valence-corrected chi connectivity index (χ0v) is 13.3. The summed E-state index contributed by atoms with van der Waals surface area (Å²) in [6, 6.07) is 9.77. The van der Waals surface area contributed by atoms with Crippen molar-refractivity contribution in [2.75, 3.05) is 11.4 Å². The van der Waals surface area contributed by atoms with Gasteiger partial charge >= 0.3 is 6.18 Å². The minimum absolute atomic E-state index is 0.252. The SMILES string of the molecule is CN(c1ccccc1C=NN)S(=O)(=O)c1ccc(C(F)(F)F)cc1. The summed E-state index contributed by atoms with van der Waals surface area (Å²) in [5, 5.41) is 3.37. The van der Waals surface area contributed by atoms with E-state index in [9.17, 15) is 21.6 Å². The van der Waals surface area contributed by atoms with Gasteiger partial charge in [0.15, 0.2) is 0 Å². The summed E-state index contributed by atoms with van der Waals surface area (Å²) in [5.74, 6) is 5.10. The molecule has 0 bridgehead atoms. The zero-order chi connectivity index (χ0) is 18.0. The number of hydrogen-bond donors (Lipinski definition) is 1. The second-order valence-electron chi connectivity index (χ2n) is 4.83. The molecular formula is C15H14F3N3O2S. The van der Waals surface area contributed by atoms with Crippen LogP contribution >= 0.6 is 0 Å². The zero-order valence-electron chi connectivity index (χ0n) is 12.5. The molecule has 0 aliphatic heterocycles. The highest BCUT2D eigenvalue weighted by molar-refractivity contribution is 7.92. The Kier molecular flexibility index (Phi) is 4.83. The Balaban J connectivity index is 2.44. The van der Waals surface area contributed by atoms with E-state index in [1.807, 2.05) is 0 Å². The number of hydrogen-bond acceptors (Lipinski definition) is 4. The van der Waals surface area contributed by atoms with Crippen molar-refractivity contribution in [2.45, 2.75) is 11.1 Å². The molecule has 0 amide bonds. The first kappa shape index (κ1) is 17.8. The highest BCUT2D eigenvalue weighted by Crippen LogP contribution is 2.31. The van der Waals surface area contributed by atoms with Gasteiger partial charge in [-0.1, -0.05) is 18.2 Å². The van der Waals surface area contributed by atoms with Crippen molar-refractivity contribution < 1.29 is 21.6 Å². The Bertz CT molecular complexity index is 847. The number of nitrogens with zero attached hydrogens (tertiary/aromatic N) is 2. The van der Waals surface area contributed by atoms with Gasteiger partial charge in [0.1, 0.15) is 0 Å². The van der Waals surface area contributed by atoms with Crippen molar-refractivity contribution >= 4 is 21.9 Å². The number of hydrazone groups is 1. The lowest BCUT2D eigenvalue weighted by atomic mass is 10.2. The number of halogens is 3. The van der Waals surface area contributed by atoms with E-state index < -0.39 is 21.8 Å². The van der Waals surface area contributed by atoms with Crippen molar-refractivity contribution in [2.24, 2.45) is 10.9 Å². The van der Waals surface area contributed by atoms with Gasteiger partial charge in [-0.05, 0) is 30.3 Å². The quantitative estimate of drug-likeness (QED) is 0.519. The molecule has 0 saturated heterocycles. The maximum Gasteiger partial charge on any atom is 0.416 e.